The van der Waals surface area contributed by atoms with Crippen LogP contribution in [0, 0.1) is 0 Å². The van der Waals surface area contributed by atoms with Gasteiger partial charge in [-0.15, -0.1) is 0 Å². The van der Waals surface area contributed by atoms with Crippen LogP contribution in [0.1, 0.15) is 49.4 Å². The van der Waals surface area contributed by atoms with Gasteiger partial charge in [-0.25, -0.2) is 0 Å². The van der Waals surface area contributed by atoms with Gasteiger partial charge >= 0.3 is 0 Å². The molecule has 0 spiro atoms. The van der Waals surface area contributed by atoms with Gasteiger partial charge in [-0.05, 0) is 12.1 Å². The molecule has 0 amide bonds. The zero-order valence-corrected chi connectivity index (χ0v) is 7.76. The molecule has 0 radical (unpaired) electrons. The van der Waals surface area contributed by atoms with Crippen LogP contribution in [0.25, 0.3) is 0 Å². The lowest BCUT2D eigenvalue weighted by Gasteiger charge is -1.97. The van der Waals surface area contributed by atoms with E-state index in [0.717, 1.165) is 5.76 Å². The Balaban J connectivity index is 2.84. The topological polar surface area (TPSA) is 30.2 Å². The van der Waals surface area contributed by atoms with Crippen molar-refractivity contribution in [3.63, 3.8) is 0 Å². The zero-order valence-electron chi connectivity index (χ0n) is 7.76. The second kappa shape index (κ2) is 3.57. The van der Waals surface area contributed by atoms with Crippen molar-refractivity contribution < 1.29 is 9.21 Å². The molecule has 1 aromatic rings. The summed E-state index contributed by atoms with van der Waals surface area (Å²) >= 11 is 0. The van der Waals surface area contributed by atoms with E-state index in [1.54, 1.807) is 6.07 Å². The van der Waals surface area contributed by atoms with Crippen molar-refractivity contribution >= 4 is 5.78 Å². The Hall–Kier alpha value is -1.05. The smallest absolute Gasteiger partial charge is 0.197 e. The van der Waals surface area contributed by atoms with Crippen molar-refractivity contribution in [3.05, 3.63) is 23.7 Å². The summed E-state index contributed by atoms with van der Waals surface area (Å²) in [6, 6.07) is 3.62. The Bertz CT molecular complexity index is 271. The van der Waals surface area contributed by atoms with Gasteiger partial charge in [-0.2, -0.15) is 0 Å². The monoisotopic (exact) mass is 166 g/mol. The van der Waals surface area contributed by atoms with Crippen LogP contribution in [-0.2, 0) is 0 Å². The van der Waals surface area contributed by atoms with Gasteiger partial charge in [0.2, 0.25) is 0 Å². The molecule has 0 aliphatic carbocycles. The largest absolute Gasteiger partial charge is 0.458 e. The van der Waals surface area contributed by atoms with Crippen molar-refractivity contribution in [1.82, 2.24) is 0 Å². The third-order valence-corrected chi connectivity index (χ3v) is 1.79. The number of Topliss-reactive ketones (excluding diaryl/α,β-unsaturated/α-hetero) is 1. The van der Waals surface area contributed by atoms with Gasteiger partial charge in [-0.3, -0.25) is 4.79 Å². The standard InChI is InChI=1S/C10H14O2/c1-4-8(11)10-6-5-9(12-10)7(2)3/h5-7H,4H2,1-3H3. The highest BCUT2D eigenvalue weighted by molar-refractivity contribution is 5.93. The lowest BCUT2D eigenvalue weighted by Crippen LogP contribution is -1.92. The Morgan fingerprint density at radius 3 is 2.58 bits per heavy atom. The van der Waals surface area contributed by atoms with E-state index in [0.29, 0.717) is 18.1 Å². The van der Waals surface area contributed by atoms with Gasteiger partial charge in [0.05, 0.1) is 0 Å². The normalized spacial score (nSPS) is 10.7. The summed E-state index contributed by atoms with van der Waals surface area (Å²) in [7, 11) is 0. The second-order valence-electron chi connectivity index (χ2n) is 3.13. The van der Waals surface area contributed by atoms with Gasteiger partial charge in [0.15, 0.2) is 11.5 Å². The summed E-state index contributed by atoms with van der Waals surface area (Å²) in [6.45, 7) is 5.91. The van der Waals surface area contributed by atoms with Crippen LogP contribution in [0.3, 0.4) is 0 Å². The molecule has 66 valence electrons. The zero-order chi connectivity index (χ0) is 9.14. The van der Waals surface area contributed by atoms with E-state index < -0.39 is 0 Å². The van der Waals surface area contributed by atoms with Crippen LogP contribution < -0.4 is 0 Å². The van der Waals surface area contributed by atoms with Crippen LogP contribution in [-0.4, -0.2) is 5.78 Å². The first-order chi connectivity index (χ1) is 5.65. The maximum atomic E-state index is 11.2. The number of carbonyl (C=O) groups excluding carboxylic acids is 1. The first-order valence-electron chi connectivity index (χ1n) is 4.28. The number of hydrogen-bond donors (Lipinski definition) is 0. The Kier molecular flexibility index (Phi) is 2.69. The molecule has 0 saturated carbocycles. The van der Waals surface area contributed by atoms with Crippen LogP contribution in [0.5, 0.6) is 0 Å². The molecule has 0 fully saturated rings. The number of ketones is 1. The highest BCUT2D eigenvalue weighted by Crippen LogP contribution is 2.18. The molecule has 2 heteroatoms. The molecule has 1 heterocycles. The molecule has 0 atom stereocenters. The molecule has 12 heavy (non-hydrogen) atoms. The Labute approximate surface area is 72.6 Å². The van der Waals surface area contributed by atoms with E-state index in [2.05, 4.69) is 0 Å². The minimum atomic E-state index is 0.0712. The van der Waals surface area contributed by atoms with Crippen LogP contribution in [0.4, 0.5) is 0 Å². The van der Waals surface area contributed by atoms with Crippen LogP contribution in [0.15, 0.2) is 16.5 Å². The number of carbonyl (C=O) groups is 1. The van der Waals surface area contributed by atoms with E-state index in [-0.39, 0.29) is 5.78 Å². The lowest BCUT2D eigenvalue weighted by molar-refractivity contribution is 0.0959. The summed E-state index contributed by atoms with van der Waals surface area (Å²) in [5.74, 6) is 1.79. The fourth-order valence-electron chi connectivity index (χ4n) is 0.987. The van der Waals surface area contributed by atoms with Crippen molar-refractivity contribution in [2.75, 3.05) is 0 Å². The van der Waals surface area contributed by atoms with Gasteiger partial charge in [-0.1, -0.05) is 20.8 Å². The third-order valence-electron chi connectivity index (χ3n) is 1.79. The second-order valence-corrected chi connectivity index (χ2v) is 3.13. The minimum Gasteiger partial charge on any atom is -0.458 e. The molecule has 0 saturated heterocycles. The summed E-state index contributed by atoms with van der Waals surface area (Å²) in [5, 5.41) is 0. The lowest BCUT2D eigenvalue weighted by atomic mass is 10.2. The molecular weight excluding hydrogens is 152 g/mol. The van der Waals surface area contributed by atoms with Crippen molar-refractivity contribution in [2.45, 2.75) is 33.1 Å². The van der Waals surface area contributed by atoms with Gasteiger partial charge in [0.1, 0.15) is 5.76 Å². The fraction of sp³-hybridized carbons (Fsp3) is 0.500. The third kappa shape index (κ3) is 1.76. The minimum absolute atomic E-state index is 0.0712. The molecule has 0 aromatic carbocycles. The highest BCUT2D eigenvalue weighted by Gasteiger charge is 2.10. The summed E-state index contributed by atoms with van der Waals surface area (Å²) in [6.07, 6.45) is 0.505. The first-order valence-corrected chi connectivity index (χ1v) is 4.28. The summed E-state index contributed by atoms with van der Waals surface area (Å²) in [4.78, 5) is 11.2. The van der Waals surface area contributed by atoms with E-state index in [4.69, 9.17) is 4.42 Å². The maximum absolute atomic E-state index is 11.2. The average Bonchev–Trinajstić information content (AvgIpc) is 2.51. The molecule has 0 aliphatic heterocycles. The van der Waals surface area contributed by atoms with E-state index in [9.17, 15) is 4.79 Å². The van der Waals surface area contributed by atoms with Gasteiger partial charge in [0.25, 0.3) is 0 Å². The van der Waals surface area contributed by atoms with E-state index in [1.165, 1.54) is 0 Å². The predicted molar refractivity (Wildman–Crippen MR) is 47.4 cm³/mol. The Morgan fingerprint density at radius 1 is 1.50 bits per heavy atom. The summed E-state index contributed by atoms with van der Waals surface area (Å²) < 4.78 is 5.35. The average molecular weight is 166 g/mol. The molecule has 1 rings (SSSR count). The summed E-state index contributed by atoms with van der Waals surface area (Å²) in [5.41, 5.74) is 0. The van der Waals surface area contributed by atoms with Crippen molar-refractivity contribution in [1.29, 1.82) is 0 Å². The fourth-order valence-corrected chi connectivity index (χ4v) is 0.987. The molecule has 0 N–H and O–H groups in total. The van der Waals surface area contributed by atoms with Crippen LogP contribution >= 0.6 is 0 Å². The highest BCUT2D eigenvalue weighted by atomic mass is 16.3. The van der Waals surface area contributed by atoms with Crippen LogP contribution in [0.2, 0.25) is 0 Å². The molecule has 1 aromatic heterocycles. The molecular formula is C10H14O2. The number of furan rings is 1. The van der Waals surface area contributed by atoms with Gasteiger partial charge in [0, 0.05) is 12.3 Å². The quantitative estimate of drug-likeness (QED) is 0.646. The maximum Gasteiger partial charge on any atom is 0.197 e. The predicted octanol–water partition coefficient (Wildman–Crippen LogP) is 3.00. The van der Waals surface area contributed by atoms with E-state index >= 15 is 0 Å². The molecule has 2 nitrogen and oxygen atoms in total. The van der Waals surface area contributed by atoms with Crippen molar-refractivity contribution in [3.8, 4) is 0 Å². The molecule has 0 bridgehead atoms. The van der Waals surface area contributed by atoms with E-state index in [1.807, 2.05) is 26.8 Å². The van der Waals surface area contributed by atoms with Crippen molar-refractivity contribution in [2.24, 2.45) is 0 Å². The Morgan fingerprint density at radius 2 is 2.17 bits per heavy atom. The molecule has 0 unspecified atom stereocenters. The number of rotatable bonds is 3. The molecule has 0 aliphatic rings. The first kappa shape index (κ1) is 9.04. The SMILES string of the molecule is CCC(=O)c1ccc(C(C)C)o1. The van der Waals surface area contributed by atoms with Gasteiger partial charge < -0.3 is 4.42 Å². The number of hydrogen-bond acceptors (Lipinski definition) is 2.